The van der Waals surface area contributed by atoms with Crippen molar-refractivity contribution in [1.29, 1.82) is 0 Å². The standard InChI is InChI=1S/C20H29N3O2S/c1-5-24-18-10-9-16(14-19(18)25-6-2)15(3)23-20(21-4)22-12-11-17-8-7-13-26-17/h7-10,13-15H,5-6,11-12H2,1-4H3,(H2,21,22,23). The van der Waals surface area contributed by atoms with Gasteiger partial charge in [0, 0.05) is 18.5 Å². The second-order valence-electron chi connectivity index (χ2n) is 5.77. The lowest BCUT2D eigenvalue weighted by atomic mass is 10.1. The fraction of sp³-hybridized carbons (Fsp3) is 0.450. The highest BCUT2D eigenvalue weighted by Crippen LogP contribution is 2.30. The van der Waals surface area contributed by atoms with E-state index < -0.39 is 0 Å². The van der Waals surface area contributed by atoms with Gasteiger partial charge in [0.25, 0.3) is 0 Å². The summed E-state index contributed by atoms with van der Waals surface area (Å²) in [5.74, 6) is 2.35. The van der Waals surface area contributed by atoms with Crippen molar-refractivity contribution in [2.45, 2.75) is 33.2 Å². The molecule has 2 N–H and O–H groups in total. The third-order valence-corrected chi connectivity index (χ3v) is 4.82. The third kappa shape index (κ3) is 5.95. The number of thiophene rings is 1. The zero-order valence-corrected chi connectivity index (χ0v) is 16.9. The zero-order valence-electron chi connectivity index (χ0n) is 16.0. The Bertz CT molecular complexity index is 686. The van der Waals surface area contributed by atoms with E-state index in [0.29, 0.717) is 13.2 Å². The average molecular weight is 376 g/mol. The Morgan fingerprint density at radius 3 is 2.58 bits per heavy atom. The molecule has 0 spiro atoms. The highest BCUT2D eigenvalue weighted by molar-refractivity contribution is 7.09. The van der Waals surface area contributed by atoms with Crippen LogP contribution in [0.4, 0.5) is 0 Å². The molecule has 1 aromatic carbocycles. The van der Waals surface area contributed by atoms with E-state index in [4.69, 9.17) is 9.47 Å². The van der Waals surface area contributed by atoms with Gasteiger partial charge in [0.15, 0.2) is 17.5 Å². The van der Waals surface area contributed by atoms with Crippen molar-refractivity contribution in [3.63, 3.8) is 0 Å². The number of hydrogen-bond acceptors (Lipinski definition) is 4. The van der Waals surface area contributed by atoms with Gasteiger partial charge in [0.2, 0.25) is 0 Å². The molecule has 2 aromatic rings. The molecule has 0 radical (unpaired) electrons. The van der Waals surface area contributed by atoms with Gasteiger partial charge in [-0.1, -0.05) is 12.1 Å². The molecule has 1 aromatic heterocycles. The van der Waals surface area contributed by atoms with Crippen LogP contribution in [0.15, 0.2) is 40.7 Å². The normalized spacial score (nSPS) is 12.5. The molecule has 1 heterocycles. The monoisotopic (exact) mass is 375 g/mol. The van der Waals surface area contributed by atoms with Gasteiger partial charge in [-0.15, -0.1) is 11.3 Å². The molecule has 0 fully saturated rings. The summed E-state index contributed by atoms with van der Waals surface area (Å²) in [6.45, 7) is 8.13. The van der Waals surface area contributed by atoms with Crippen molar-refractivity contribution < 1.29 is 9.47 Å². The van der Waals surface area contributed by atoms with Crippen LogP contribution >= 0.6 is 11.3 Å². The fourth-order valence-corrected chi connectivity index (χ4v) is 3.29. The van der Waals surface area contributed by atoms with Crippen molar-refractivity contribution in [1.82, 2.24) is 10.6 Å². The van der Waals surface area contributed by atoms with Crippen LogP contribution < -0.4 is 20.1 Å². The second kappa shape index (κ2) is 10.7. The van der Waals surface area contributed by atoms with E-state index in [2.05, 4.69) is 46.1 Å². The van der Waals surface area contributed by atoms with Crippen LogP contribution in [0.1, 0.15) is 37.3 Å². The van der Waals surface area contributed by atoms with E-state index >= 15 is 0 Å². The maximum atomic E-state index is 5.72. The SMILES string of the molecule is CCOc1ccc(C(C)NC(=NC)NCCc2cccs2)cc1OCC. The van der Waals surface area contributed by atoms with Crippen LogP contribution in [0.25, 0.3) is 0 Å². The number of nitrogens with one attached hydrogen (secondary N) is 2. The molecule has 0 aliphatic carbocycles. The summed E-state index contributed by atoms with van der Waals surface area (Å²) in [4.78, 5) is 5.69. The molecular weight excluding hydrogens is 346 g/mol. The smallest absolute Gasteiger partial charge is 0.191 e. The van der Waals surface area contributed by atoms with E-state index in [1.165, 1.54) is 4.88 Å². The van der Waals surface area contributed by atoms with Gasteiger partial charge in [-0.3, -0.25) is 4.99 Å². The molecule has 5 nitrogen and oxygen atoms in total. The Hall–Kier alpha value is -2.21. The number of ether oxygens (including phenoxy) is 2. The number of benzene rings is 1. The summed E-state index contributed by atoms with van der Waals surface area (Å²) in [6, 6.07) is 10.4. The van der Waals surface area contributed by atoms with Crippen molar-refractivity contribution in [3.8, 4) is 11.5 Å². The van der Waals surface area contributed by atoms with E-state index in [1.54, 1.807) is 18.4 Å². The first-order valence-corrected chi connectivity index (χ1v) is 9.95. The number of rotatable bonds is 9. The lowest BCUT2D eigenvalue weighted by Crippen LogP contribution is -2.39. The maximum Gasteiger partial charge on any atom is 0.191 e. The first kappa shape index (κ1) is 20.1. The van der Waals surface area contributed by atoms with E-state index in [0.717, 1.165) is 36.0 Å². The van der Waals surface area contributed by atoms with Gasteiger partial charge < -0.3 is 20.1 Å². The first-order valence-electron chi connectivity index (χ1n) is 9.07. The van der Waals surface area contributed by atoms with Crippen LogP contribution in [-0.4, -0.2) is 32.8 Å². The molecule has 6 heteroatoms. The fourth-order valence-electron chi connectivity index (χ4n) is 2.58. The first-order chi connectivity index (χ1) is 12.7. The lowest BCUT2D eigenvalue weighted by molar-refractivity contribution is 0.287. The third-order valence-electron chi connectivity index (χ3n) is 3.89. The number of nitrogens with zero attached hydrogens (tertiary/aromatic N) is 1. The quantitative estimate of drug-likeness (QED) is 0.513. The minimum Gasteiger partial charge on any atom is -0.490 e. The molecule has 0 aliphatic heterocycles. The highest BCUT2D eigenvalue weighted by Gasteiger charge is 2.12. The summed E-state index contributed by atoms with van der Waals surface area (Å²) in [6.07, 6.45) is 0.990. The average Bonchev–Trinajstić information content (AvgIpc) is 3.16. The van der Waals surface area contributed by atoms with Crippen molar-refractivity contribution in [3.05, 3.63) is 46.2 Å². The molecule has 0 bridgehead atoms. The molecule has 1 unspecified atom stereocenters. The molecule has 1 atom stereocenters. The largest absolute Gasteiger partial charge is 0.490 e. The summed E-state index contributed by atoms with van der Waals surface area (Å²) in [7, 11) is 1.79. The molecule has 26 heavy (non-hydrogen) atoms. The molecule has 0 aliphatic rings. The minimum atomic E-state index is 0.0952. The topological polar surface area (TPSA) is 54.9 Å². The molecule has 0 saturated carbocycles. The van der Waals surface area contributed by atoms with Crippen molar-refractivity contribution in [2.75, 3.05) is 26.8 Å². The Morgan fingerprint density at radius 1 is 1.15 bits per heavy atom. The van der Waals surface area contributed by atoms with Gasteiger partial charge in [-0.05, 0) is 56.3 Å². The second-order valence-corrected chi connectivity index (χ2v) is 6.80. The zero-order chi connectivity index (χ0) is 18.8. The van der Waals surface area contributed by atoms with E-state index in [9.17, 15) is 0 Å². The van der Waals surface area contributed by atoms with Gasteiger partial charge in [0.1, 0.15) is 0 Å². The molecule has 2 rings (SSSR count). The van der Waals surface area contributed by atoms with E-state index in [1.807, 2.05) is 26.0 Å². The molecule has 0 saturated heterocycles. The Balaban J connectivity index is 1.95. The molecule has 0 amide bonds. The predicted octanol–water partition coefficient (Wildman–Crippen LogP) is 4.01. The van der Waals surface area contributed by atoms with Gasteiger partial charge in [-0.2, -0.15) is 0 Å². The summed E-state index contributed by atoms with van der Waals surface area (Å²) in [5, 5.41) is 8.90. The summed E-state index contributed by atoms with van der Waals surface area (Å²) >= 11 is 1.78. The summed E-state index contributed by atoms with van der Waals surface area (Å²) < 4.78 is 11.4. The highest BCUT2D eigenvalue weighted by atomic mass is 32.1. The Labute approximate surface area is 160 Å². The molecule has 142 valence electrons. The predicted molar refractivity (Wildman–Crippen MR) is 110 cm³/mol. The molecular formula is C20H29N3O2S. The number of aliphatic imine (C=N–C) groups is 1. The summed E-state index contributed by atoms with van der Waals surface area (Å²) in [5.41, 5.74) is 1.12. The van der Waals surface area contributed by atoms with Crippen LogP contribution in [0, 0.1) is 0 Å². The van der Waals surface area contributed by atoms with Crippen molar-refractivity contribution >= 4 is 17.3 Å². The Morgan fingerprint density at radius 2 is 1.92 bits per heavy atom. The van der Waals surface area contributed by atoms with Crippen molar-refractivity contribution in [2.24, 2.45) is 4.99 Å². The van der Waals surface area contributed by atoms with Crippen LogP contribution in [0.2, 0.25) is 0 Å². The van der Waals surface area contributed by atoms with Crippen LogP contribution in [0.5, 0.6) is 11.5 Å². The van der Waals surface area contributed by atoms with E-state index in [-0.39, 0.29) is 6.04 Å². The lowest BCUT2D eigenvalue weighted by Gasteiger charge is -2.20. The minimum absolute atomic E-state index is 0.0952. The van der Waals surface area contributed by atoms with Gasteiger partial charge >= 0.3 is 0 Å². The van der Waals surface area contributed by atoms with Crippen LogP contribution in [0.3, 0.4) is 0 Å². The maximum absolute atomic E-state index is 5.72. The van der Waals surface area contributed by atoms with Gasteiger partial charge in [0.05, 0.1) is 19.3 Å². The number of guanidine groups is 1. The van der Waals surface area contributed by atoms with Crippen LogP contribution in [-0.2, 0) is 6.42 Å². The number of hydrogen-bond donors (Lipinski definition) is 2. The Kier molecular flexibility index (Phi) is 8.28. The van der Waals surface area contributed by atoms with Gasteiger partial charge in [-0.25, -0.2) is 0 Å².